The van der Waals surface area contributed by atoms with Crippen LogP contribution in [0.15, 0.2) is 18.2 Å². The van der Waals surface area contributed by atoms with Gasteiger partial charge in [0.25, 0.3) is 0 Å². The van der Waals surface area contributed by atoms with Gasteiger partial charge in [0.2, 0.25) is 0 Å². The molecule has 1 aromatic heterocycles. The standard InChI is InChI=1S/C6H7BF3N2.K/c1-12-6(3-5-11-12)2-4-7(8,9)10;/h2-5H,1H3;/q-1;+1/b4-2+;. The Bertz CT molecular complexity index is 294. The van der Waals surface area contributed by atoms with Crippen LogP contribution in [0.1, 0.15) is 5.69 Å². The third-order valence-electron chi connectivity index (χ3n) is 1.34. The minimum atomic E-state index is -4.84. The Balaban J connectivity index is 0.00000144. The largest absolute Gasteiger partial charge is 1.00 e. The van der Waals surface area contributed by atoms with Crippen molar-refractivity contribution in [2.45, 2.75) is 0 Å². The van der Waals surface area contributed by atoms with E-state index in [2.05, 4.69) is 5.10 Å². The molecule has 1 aromatic rings. The Kier molecular flexibility index (Phi) is 5.54. The van der Waals surface area contributed by atoms with Crippen LogP contribution in [0.5, 0.6) is 0 Å². The molecule has 66 valence electrons. The summed E-state index contributed by atoms with van der Waals surface area (Å²) in [4.78, 5) is 0. The molecule has 0 spiro atoms. The average molecular weight is 214 g/mol. The molecule has 0 fully saturated rings. The zero-order chi connectivity index (χ0) is 9.19. The van der Waals surface area contributed by atoms with Gasteiger partial charge in [-0.3, -0.25) is 4.68 Å². The first-order valence-corrected chi connectivity index (χ1v) is 3.36. The van der Waals surface area contributed by atoms with Crippen LogP contribution in [-0.4, -0.2) is 16.8 Å². The van der Waals surface area contributed by atoms with Crippen molar-refractivity contribution in [2.24, 2.45) is 7.05 Å². The molecule has 7 heteroatoms. The molecule has 0 aromatic carbocycles. The van der Waals surface area contributed by atoms with Gasteiger partial charge < -0.3 is 12.9 Å². The van der Waals surface area contributed by atoms with Crippen molar-refractivity contribution in [3.63, 3.8) is 0 Å². The summed E-state index contributed by atoms with van der Waals surface area (Å²) >= 11 is 0. The Morgan fingerprint density at radius 1 is 1.46 bits per heavy atom. The number of halogens is 3. The minimum absolute atomic E-state index is 0. The van der Waals surface area contributed by atoms with Crippen molar-refractivity contribution < 1.29 is 64.3 Å². The molecule has 0 saturated heterocycles. The fraction of sp³-hybridized carbons (Fsp3) is 0.167. The first kappa shape index (κ1) is 13.4. The van der Waals surface area contributed by atoms with Gasteiger partial charge in [-0.2, -0.15) is 5.10 Å². The first-order chi connectivity index (χ1) is 5.49. The van der Waals surface area contributed by atoms with Crippen LogP contribution in [0.3, 0.4) is 0 Å². The molecule has 0 aliphatic rings. The minimum Gasteiger partial charge on any atom is -0.445 e. The van der Waals surface area contributed by atoms with Gasteiger partial charge in [0.05, 0.1) is 5.69 Å². The van der Waals surface area contributed by atoms with Crippen molar-refractivity contribution in [3.05, 3.63) is 23.9 Å². The van der Waals surface area contributed by atoms with Crippen LogP contribution in [0.4, 0.5) is 12.9 Å². The van der Waals surface area contributed by atoms with E-state index in [4.69, 9.17) is 0 Å². The molecule has 0 N–H and O–H groups in total. The summed E-state index contributed by atoms with van der Waals surface area (Å²) in [5.74, 6) is 0.247. The molecule has 13 heavy (non-hydrogen) atoms. The van der Waals surface area contributed by atoms with E-state index in [0.717, 1.165) is 6.08 Å². The molecule has 0 aliphatic carbocycles. The Labute approximate surface area is 117 Å². The van der Waals surface area contributed by atoms with Gasteiger partial charge in [-0.1, -0.05) is 6.08 Å². The second-order valence-corrected chi connectivity index (χ2v) is 2.36. The third kappa shape index (κ3) is 5.02. The van der Waals surface area contributed by atoms with Crippen LogP contribution >= 0.6 is 0 Å². The van der Waals surface area contributed by atoms with Crippen LogP contribution < -0.4 is 51.4 Å². The van der Waals surface area contributed by atoms with E-state index in [1.165, 1.54) is 16.9 Å². The van der Waals surface area contributed by atoms with Crippen LogP contribution in [0.25, 0.3) is 6.08 Å². The maximum Gasteiger partial charge on any atom is 1.00 e. The summed E-state index contributed by atoms with van der Waals surface area (Å²) in [5, 5.41) is 3.72. The second-order valence-electron chi connectivity index (χ2n) is 2.36. The fourth-order valence-electron chi connectivity index (χ4n) is 0.755. The Morgan fingerprint density at radius 3 is 2.46 bits per heavy atom. The molecule has 0 aliphatic heterocycles. The van der Waals surface area contributed by atoms with Crippen molar-refractivity contribution in [3.8, 4) is 0 Å². The van der Waals surface area contributed by atoms with Gasteiger partial charge in [-0.15, -0.1) is 5.98 Å². The number of rotatable bonds is 2. The fourth-order valence-corrected chi connectivity index (χ4v) is 0.755. The van der Waals surface area contributed by atoms with Gasteiger partial charge in [0.1, 0.15) is 0 Å². The Hall–Kier alpha value is 0.441. The Morgan fingerprint density at radius 2 is 2.08 bits per heavy atom. The van der Waals surface area contributed by atoms with Gasteiger partial charge in [-0.25, -0.2) is 0 Å². The average Bonchev–Trinajstić information content (AvgIpc) is 2.29. The maximum atomic E-state index is 11.7. The van der Waals surface area contributed by atoms with Crippen LogP contribution in [-0.2, 0) is 7.05 Å². The summed E-state index contributed by atoms with van der Waals surface area (Å²) in [7, 11) is 1.59. The zero-order valence-electron chi connectivity index (χ0n) is 7.42. The van der Waals surface area contributed by atoms with Crippen molar-refractivity contribution in [1.29, 1.82) is 0 Å². The predicted octanol–water partition coefficient (Wildman–Crippen LogP) is -1.18. The molecule has 1 heterocycles. The topological polar surface area (TPSA) is 17.8 Å². The normalized spacial score (nSPS) is 11.7. The molecule has 0 radical (unpaired) electrons. The van der Waals surface area contributed by atoms with E-state index in [1.54, 1.807) is 7.05 Å². The van der Waals surface area contributed by atoms with Crippen LogP contribution in [0.2, 0.25) is 0 Å². The SMILES string of the molecule is Cn1nccc1/C=C/[B-](F)(F)F.[K+]. The van der Waals surface area contributed by atoms with Crippen LogP contribution in [0, 0.1) is 0 Å². The van der Waals surface area contributed by atoms with E-state index in [0.29, 0.717) is 5.69 Å². The summed E-state index contributed by atoms with van der Waals surface area (Å²) in [6.07, 6.45) is 2.45. The first-order valence-electron chi connectivity index (χ1n) is 3.36. The maximum absolute atomic E-state index is 11.7. The summed E-state index contributed by atoms with van der Waals surface area (Å²) in [6.45, 7) is -4.84. The van der Waals surface area contributed by atoms with Gasteiger partial charge in [0.15, 0.2) is 0 Å². The molecule has 0 bridgehead atoms. The molecule has 0 atom stereocenters. The molecular weight excluding hydrogens is 207 g/mol. The molecule has 0 saturated carbocycles. The number of hydrogen-bond donors (Lipinski definition) is 0. The molecular formula is C6H7BF3KN2. The molecule has 1 rings (SSSR count). The van der Waals surface area contributed by atoms with Crippen molar-refractivity contribution in [2.75, 3.05) is 0 Å². The van der Waals surface area contributed by atoms with Crippen molar-refractivity contribution in [1.82, 2.24) is 9.78 Å². The quantitative estimate of drug-likeness (QED) is 0.567. The van der Waals surface area contributed by atoms with E-state index in [9.17, 15) is 12.9 Å². The number of aromatic nitrogens is 2. The second kappa shape index (κ2) is 5.35. The van der Waals surface area contributed by atoms with Gasteiger partial charge in [0, 0.05) is 13.2 Å². The molecule has 2 nitrogen and oxygen atoms in total. The van der Waals surface area contributed by atoms with E-state index < -0.39 is 6.98 Å². The van der Waals surface area contributed by atoms with E-state index in [-0.39, 0.29) is 57.4 Å². The van der Waals surface area contributed by atoms with Crippen molar-refractivity contribution >= 4 is 13.1 Å². The smallest absolute Gasteiger partial charge is 0.445 e. The summed E-state index contributed by atoms with van der Waals surface area (Å²) in [6, 6.07) is 1.51. The number of nitrogens with zero attached hydrogens (tertiary/aromatic N) is 2. The van der Waals surface area contributed by atoms with Gasteiger partial charge in [-0.05, 0) is 6.07 Å². The predicted molar refractivity (Wildman–Crippen MR) is 41.3 cm³/mol. The van der Waals surface area contributed by atoms with Gasteiger partial charge >= 0.3 is 58.4 Å². The van der Waals surface area contributed by atoms with E-state index in [1.807, 2.05) is 0 Å². The summed E-state index contributed by atoms with van der Waals surface area (Å²) < 4.78 is 36.5. The van der Waals surface area contributed by atoms with E-state index >= 15 is 0 Å². The zero-order valence-corrected chi connectivity index (χ0v) is 10.5. The summed E-state index contributed by atoms with van der Waals surface area (Å²) in [5.41, 5.74) is 0.439. The molecule has 0 amide bonds. The number of aryl methyl sites for hydroxylation is 1. The number of hydrogen-bond acceptors (Lipinski definition) is 1. The molecule has 0 unspecified atom stereocenters. The monoisotopic (exact) mass is 214 g/mol. The third-order valence-corrected chi connectivity index (χ3v) is 1.34.